The molecule has 2 rings (SSSR count). The Morgan fingerprint density at radius 3 is 1.87 bits per heavy atom. The fraction of sp³-hybridized carbons (Fsp3) is 0.133. The molecule has 2 nitrogen and oxygen atoms in total. The number of amides is 1. The highest BCUT2D eigenvalue weighted by Crippen LogP contribution is 2.25. The van der Waals surface area contributed by atoms with E-state index in [4.69, 9.17) is 0 Å². The number of anilines is 1. The minimum absolute atomic E-state index is 0. The largest absolute Gasteiger partial charge is 0.307 e. The Morgan fingerprint density at radius 1 is 0.913 bits per heavy atom. The van der Waals surface area contributed by atoms with Gasteiger partial charge >= 0.3 is 0 Å². The van der Waals surface area contributed by atoms with Crippen molar-refractivity contribution < 1.29 is 23.6 Å². The van der Waals surface area contributed by atoms with Gasteiger partial charge in [-0.05, 0) is 17.7 Å². The summed E-state index contributed by atoms with van der Waals surface area (Å²) < 4.78 is 0. The normalized spacial score (nSPS) is 7.91. The van der Waals surface area contributed by atoms with E-state index >= 15 is 0 Å². The van der Waals surface area contributed by atoms with Crippen LogP contribution in [0.2, 0.25) is 0 Å². The molecule has 0 aliphatic carbocycles. The fourth-order valence-corrected chi connectivity index (χ4v) is 2.11. The molecule has 0 spiro atoms. The Kier molecular flexibility index (Phi) is 17.7. The van der Waals surface area contributed by atoms with Crippen LogP contribution < -0.4 is 4.90 Å². The summed E-state index contributed by atoms with van der Waals surface area (Å²) in [6.07, 6.45) is 0. The maximum Gasteiger partial charge on any atom is 0.224 e. The highest BCUT2D eigenvalue weighted by Gasteiger charge is 2.13. The standard InChI is InChI=1S/C15H15NOS.ClH.4FH/c1-12(17)16(11-13-7-3-2-4-8-13)14-9-5-6-10-15(14)18;;;;;/h2-10,18H,11H2,1H3;5*1H. The van der Waals surface area contributed by atoms with E-state index in [1.807, 2.05) is 54.6 Å². The smallest absolute Gasteiger partial charge is 0.224 e. The molecule has 2 aromatic carbocycles. The molecule has 0 atom stereocenters. The van der Waals surface area contributed by atoms with Crippen molar-refractivity contribution in [3.8, 4) is 0 Å². The Bertz CT molecular complexity index is 560. The summed E-state index contributed by atoms with van der Waals surface area (Å²) in [6.45, 7) is 2.14. The summed E-state index contributed by atoms with van der Waals surface area (Å²) in [5, 5.41) is 0. The van der Waals surface area contributed by atoms with Gasteiger partial charge in [-0.3, -0.25) is 23.6 Å². The van der Waals surface area contributed by atoms with Crippen LogP contribution in [-0.4, -0.2) is 5.91 Å². The molecule has 0 unspecified atom stereocenters. The lowest BCUT2D eigenvalue weighted by atomic mass is 10.2. The topological polar surface area (TPSA) is 20.3 Å². The molecule has 0 aliphatic rings. The third-order valence-electron chi connectivity index (χ3n) is 2.74. The summed E-state index contributed by atoms with van der Waals surface area (Å²) in [5.41, 5.74) is 1.95. The maximum absolute atomic E-state index is 11.8. The number of carbonyl (C=O) groups excluding carboxylic acids is 1. The van der Waals surface area contributed by atoms with E-state index in [0.29, 0.717) is 6.54 Å². The van der Waals surface area contributed by atoms with Crippen LogP contribution in [0.1, 0.15) is 12.5 Å². The highest BCUT2D eigenvalue weighted by molar-refractivity contribution is 7.80. The van der Waals surface area contributed by atoms with Crippen LogP contribution in [0.15, 0.2) is 59.5 Å². The van der Waals surface area contributed by atoms with Gasteiger partial charge in [0.2, 0.25) is 5.91 Å². The van der Waals surface area contributed by atoms with Gasteiger partial charge in [0.25, 0.3) is 0 Å². The van der Waals surface area contributed by atoms with Gasteiger partial charge in [0.05, 0.1) is 12.2 Å². The molecule has 0 saturated carbocycles. The maximum atomic E-state index is 11.8. The molecule has 0 radical (unpaired) electrons. The third kappa shape index (κ3) is 7.90. The molecule has 0 aliphatic heterocycles. The molecule has 8 heteroatoms. The van der Waals surface area contributed by atoms with Gasteiger partial charge in [-0.25, -0.2) is 0 Å². The number of rotatable bonds is 3. The molecule has 0 bridgehead atoms. The van der Waals surface area contributed by atoms with Gasteiger partial charge in [0.1, 0.15) is 0 Å². The van der Waals surface area contributed by atoms with Crippen molar-refractivity contribution in [1.29, 1.82) is 0 Å². The van der Waals surface area contributed by atoms with E-state index in [-0.39, 0.29) is 37.1 Å². The summed E-state index contributed by atoms with van der Waals surface area (Å²) in [7, 11) is 0. The van der Waals surface area contributed by atoms with Crippen molar-refractivity contribution in [2.45, 2.75) is 18.4 Å². The predicted octanol–water partition coefficient (Wildman–Crippen LogP) is 4.56. The number of benzene rings is 2. The number of hydrogen-bond acceptors (Lipinski definition) is 2. The number of halogens is 5. The molecular weight excluding hydrogens is 354 g/mol. The SMILES string of the molecule is CC(=O)N(Cc1ccccc1)c1ccccc1S.Cl.F.F.F.F. The lowest BCUT2D eigenvalue weighted by Crippen LogP contribution is -2.28. The van der Waals surface area contributed by atoms with Gasteiger partial charge in [-0.1, -0.05) is 42.5 Å². The van der Waals surface area contributed by atoms with Crippen molar-refractivity contribution in [3.05, 3.63) is 60.2 Å². The number of para-hydroxylation sites is 1. The van der Waals surface area contributed by atoms with Crippen LogP contribution in [0.4, 0.5) is 24.5 Å². The zero-order valence-electron chi connectivity index (χ0n) is 12.2. The zero-order valence-corrected chi connectivity index (χ0v) is 14.0. The van der Waals surface area contributed by atoms with Crippen molar-refractivity contribution in [3.63, 3.8) is 0 Å². The van der Waals surface area contributed by atoms with E-state index in [0.717, 1.165) is 16.1 Å². The van der Waals surface area contributed by atoms with E-state index < -0.39 is 0 Å². The molecule has 0 fully saturated rings. The Labute approximate surface area is 144 Å². The molecule has 0 saturated heterocycles. The minimum atomic E-state index is 0. The van der Waals surface area contributed by atoms with Crippen LogP contribution in [0, 0.1) is 0 Å². The lowest BCUT2D eigenvalue weighted by Gasteiger charge is -2.22. The van der Waals surface area contributed by atoms with E-state index in [2.05, 4.69) is 12.6 Å². The summed E-state index contributed by atoms with van der Waals surface area (Å²) in [5.74, 6) is 0.0142. The molecule has 2 aromatic rings. The number of thiol groups is 1. The molecule has 0 N–H and O–H groups in total. The van der Waals surface area contributed by atoms with Crippen LogP contribution in [0.25, 0.3) is 0 Å². The van der Waals surface area contributed by atoms with Crippen LogP contribution in [0.5, 0.6) is 0 Å². The Hall–Kier alpha value is -1.73. The zero-order chi connectivity index (χ0) is 13.0. The van der Waals surface area contributed by atoms with Crippen molar-refractivity contribution >= 4 is 36.6 Å². The summed E-state index contributed by atoms with van der Waals surface area (Å²) >= 11 is 4.40. The van der Waals surface area contributed by atoms with Crippen molar-refractivity contribution in [2.24, 2.45) is 0 Å². The monoisotopic (exact) mass is 373 g/mol. The average Bonchev–Trinajstić information content (AvgIpc) is 2.38. The van der Waals surface area contributed by atoms with Crippen molar-refractivity contribution in [2.75, 3.05) is 4.90 Å². The first-order chi connectivity index (χ1) is 8.68. The van der Waals surface area contributed by atoms with E-state index in [1.54, 1.807) is 11.8 Å². The van der Waals surface area contributed by atoms with Crippen molar-refractivity contribution in [1.82, 2.24) is 0 Å². The van der Waals surface area contributed by atoms with E-state index in [1.165, 1.54) is 0 Å². The first-order valence-electron chi connectivity index (χ1n) is 5.78. The molecule has 1 amide bonds. The quantitative estimate of drug-likeness (QED) is 0.617. The summed E-state index contributed by atoms with van der Waals surface area (Å²) in [6, 6.07) is 17.6. The van der Waals surface area contributed by atoms with Crippen LogP contribution in [0.3, 0.4) is 0 Å². The van der Waals surface area contributed by atoms with Gasteiger partial charge in [0, 0.05) is 11.8 Å². The predicted molar refractivity (Wildman–Crippen MR) is 94.3 cm³/mol. The minimum Gasteiger partial charge on any atom is -0.307 e. The molecule has 0 aromatic heterocycles. The number of carbonyl (C=O) groups is 1. The second-order valence-corrected chi connectivity index (χ2v) is 4.56. The fourth-order valence-electron chi connectivity index (χ4n) is 1.82. The second kappa shape index (κ2) is 13.9. The van der Waals surface area contributed by atoms with Gasteiger partial charge < -0.3 is 4.90 Å². The molecule has 0 heterocycles. The van der Waals surface area contributed by atoms with Gasteiger partial charge in [-0.2, -0.15) is 0 Å². The van der Waals surface area contributed by atoms with Crippen LogP contribution in [-0.2, 0) is 11.3 Å². The molecular formula is C15H20ClF4NOS. The molecule has 132 valence electrons. The molecule has 23 heavy (non-hydrogen) atoms. The Morgan fingerprint density at radius 2 is 1.39 bits per heavy atom. The first-order valence-corrected chi connectivity index (χ1v) is 6.23. The number of hydrogen-bond donors (Lipinski definition) is 1. The van der Waals surface area contributed by atoms with Gasteiger partial charge in [-0.15, -0.1) is 25.0 Å². The second-order valence-electron chi connectivity index (χ2n) is 4.08. The van der Waals surface area contributed by atoms with E-state index in [9.17, 15) is 4.79 Å². The third-order valence-corrected chi connectivity index (χ3v) is 3.11. The van der Waals surface area contributed by atoms with Crippen LogP contribution >= 0.6 is 25.0 Å². The highest BCUT2D eigenvalue weighted by atomic mass is 35.5. The summed E-state index contributed by atoms with van der Waals surface area (Å²) in [4.78, 5) is 14.3. The average molecular weight is 374 g/mol. The number of nitrogens with zero attached hydrogens (tertiary/aromatic N) is 1. The Balaban J connectivity index is -0.000000361. The first kappa shape index (κ1) is 29.3. The lowest BCUT2D eigenvalue weighted by molar-refractivity contribution is -0.116. The van der Waals surface area contributed by atoms with Gasteiger partial charge in [0.15, 0.2) is 0 Å².